The Morgan fingerprint density at radius 2 is 2.00 bits per heavy atom. The Kier molecular flexibility index (Phi) is 5.39. The second-order valence-corrected chi connectivity index (χ2v) is 8.31. The van der Waals surface area contributed by atoms with Crippen molar-refractivity contribution in [3.8, 4) is 11.4 Å². The molecule has 2 aliphatic rings. The van der Waals surface area contributed by atoms with Gasteiger partial charge in [-0.05, 0) is 44.0 Å². The third-order valence-corrected chi connectivity index (χ3v) is 6.02. The number of allylic oxidation sites excluding steroid dienone is 3. The van der Waals surface area contributed by atoms with E-state index in [0.717, 1.165) is 17.0 Å². The van der Waals surface area contributed by atoms with E-state index in [1.807, 2.05) is 0 Å². The van der Waals surface area contributed by atoms with Gasteiger partial charge in [0.15, 0.2) is 11.6 Å². The van der Waals surface area contributed by atoms with Crippen molar-refractivity contribution in [1.82, 2.24) is 19.7 Å². The van der Waals surface area contributed by atoms with Crippen molar-refractivity contribution in [2.24, 2.45) is 4.99 Å². The number of fused-ring (bicyclic) bond motifs is 2. The predicted octanol–water partition coefficient (Wildman–Crippen LogP) is 3.86. The minimum Gasteiger partial charge on any atom is -0.322 e. The Morgan fingerprint density at radius 1 is 1.26 bits per heavy atom. The van der Waals surface area contributed by atoms with Crippen LogP contribution in [-0.4, -0.2) is 44.8 Å². The molecule has 1 fully saturated rings. The number of imidazole rings is 1. The molecule has 0 atom stereocenters. The Bertz CT molecular complexity index is 1390. The van der Waals surface area contributed by atoms with Gasteiger partial charge in [-0.2, -0.15) is 5.10 Å². The van der Waals surface area contributed by atoms with E-state index in [-0.39, 0.29) is 11.6 Å². The summed E-state index contributed by atoms with van der Waals surface area (Å²) in [5, 5.41) is 9.24. The van der Waals surface area contributed by atoms with Crippen molar-refractivity contribution in [1.29, 1.82) is 0 Å². The Morgan fingerprint density at radius 3 is 2.63 bits per heavy atom. The molecule has 0 radical (unpaired) electrons. The highest BCUT2D eigenvalue weighted by molar-refractivity contribution is 6.10. The van der Waals surface area contributed by atoms with Crippen LogP contribution in [0, 0.1) is 11.6 Å². The first kappa shape index (κ1) is 22.4. The average Bonchev–Trinajstić information content (AvgIpc) is 3.16. The summed E-state index contributed by atoms with van der Waals surface area (Å²) in [6.07, 6.45) is 10.6. The van der Waals surface area contributed by atoms with Crippen LogP contribution in [-0.2, 0) is 15.1 Å². The zero-order valence-corrected chi connectivity index (χ0v) is 18.9. The van der Waals surface area contributed by atoms with Crippen LogP contribution >= 0.6 is 0 Å². The number of aromatic nitrogens is 4. The highest BCUT2D eigenvalue weighted by atomic mass is 19.1. The zero-order valence-electron chi connectivity index (χ0n) is 18.9. The first-order valence-corrected chi connectivity index (χ1v) is 10.9. The average molecular weight is 477 g/mol. The van der Waals surface area contributed by atoms with Crippen molar-refractivity contribution < 1.29 is 18.4 Å². The van der Waals surface area contributed by atoms with E-state index in [2.05, 4.69) is 25.5 Å². The number of hydrogen-bond donors (Lipinski definition) is 2. The molecule has 178 valence electrons. The van der Waals surface area contributed by atoms with E-state index < -0.39 is 34.7 Å². The number of amides is 2. The van der Waals surface area contributed by atoms with Crippen LogP contribution in [0.2, 0.25) is 0 Å². The van der Waals surface area contributed by atoms with Crippen LogP contribution in [0.15, 0.2) is 59.4 Å². The van der Waals surface area contributed by atoms with Crippen LogP contribution in [0.4, 0.5) is 26.1 Å². The lowest BCUT2D eigenvalue weighted by Crippen LogP contribution is -2.31. The number of hydrogen-bond acceptors (Lipinski definition) is 5. The molecule has 9 nitrogen and oxygen atoms in total. The van der Waals surface area contributed by atoms with E-state index in [0.29, 0.717) is 29.8 Å². The fourth-order valence-corrected chi connectivity index (χ4v) is 4.15. The molecule has 2 amide bonds. The second-order valence-electron chi connectivity index (χ2n) is 8.31. The molecule has 0 bridgehead atoms. The summed E-state index contributed by atoms with van der Waals surface area (Å²) in [6, 6.07) is 3.70. The van der Waals surface area contributed by atoms with Crippen LogP contribution in [0.3, 0.4) is 0 Å². The van der Waals surface area contributed by atoms with Crippen LogP contribution in [0.25, 0.3) is 11.4 Å². The smallest absolute Gasteiger partial charge is 0.260 e. The van der Waals surface area contributed by atoms with Gasteiger partial charge in [0.2, 0.25) is 5.95 Å². The largest absolute Gasteiger partial charge is 0.322 e. The third-order valence-electron chi connectivity index (χ3n) is 6.02. The number of carbonyl (C=O) groups excluding carboxylic acids is 2. The standard InChI is InChI=1S/C24H21F2N7O2/c1-14(5-3-4-9-27-2)21(34)30-15-11-16(25)20(17(26)12-15)32-22(35)24(7-8-24)33-19(13-28-23(32)33)18-6-10-29-31-18/h3-6,9-13H,7-8H2,1-2H3,(H,29,31)(H,30,34)/b4-3-,14-5+,27-9?. The number of H-pyrrole nitrogens is 1. The van der Waals surface area contributed by atoms with E-state index >= 15 is 8.78 Å². The highest BCUT2D eigenvalue weighted by Gasteiger charge is 2.62. The highest BCUT2D eigenvalue weighted by Crippen LogP contribution is 2.56. The molecule has 1 aliphatic carbocycles. The number of aliphatic imine (C=N–C) groups is 1. The first-order valence-electron chi connectivity index (χ1n) is 10.9. The van der Waals surface area contributed by atoms with Gasteiger partial charge in [0.05, 0.1) is 17.6 Å². The number of carbonyl (C=O) groups is 2. The van der Waals surface area contributed by atoms with Gasteiger partial charge in [-0.15, -0.1) is 0 Å². The summed E-state index contributed by atoms with van der Waals surface area (Å²) in [5.74, 6) is -2.83. The topological polar surface area (TPSA) is 108 Å². The van der Waals surface area contributed by atoms with Crippen molar-refractivity contribution >= 4 is 35.4 Å². The minimum atomic E-state index is -0.996. The first-order chi connectivity index (χ1) is 16.9. The van der Waals surface area contributed by atoms with Gasteiger partial charge in [0, 0.05) is 30.7 Å². The van der Waals surface area contributed by atoms with Gasteiger partial charge in [0.25, 0.3) is 11.8 Å². The minimum absolute atomic E-state index is 0.0742. The number of nitrogens with one attached hydrogen (secondary N) is 2. The molecule has 35 heavy (non-hydrogen) atoms. The maximum atomic E-state index is 15.2. The molecule has 2 aromatic heterocycles. The molecule has 1 saturated carbocycles. The van der Waals surface area contributed by atoms with Gasteiger partial charge < -0.3 is 5.32 Å². The second kappa shape index (κ2) is 8.42. The number of nitrogens with zero attached hydrogens (tertiary/aromatic N) is 5. The maximum Gasteiger partial charge on any atom is 0.260 e. The lowest BCUT2D eigenvalue weighted by molar-refractivity contribution is -0.120. The Hall–Kier alpha value is -4.41. The fraction of sp³-hybridized carbons (Fsp3) is 0.208. The van der Waals surface area contributed by atoms with Crippen LogP contribution in [0.1, 0.15) is 19.8 Å². The van der Waals surface area contributed by atoms with Crippen molar-refractivity contribution in [3.63, 3.8) is 0 Å². The Balaban J connectivity index is 1.47. The molecule has 0 unspecified atom stereocenters. The summed E-state index contributed by atoms with van der Waals surface area (Å²) in [7, 11) is 1.62. The molecule has 1 aliphatic heterocycles. The van der Waals surface area contributed by atoms with Crippen molar-refractivity contribution in [2.75, 3.05) is 17.3 Å². The fourth-order valence-electron chi connectivity index (χ4n) is 4.15. The molecule has 2 N–H and O–H groups in total. The normalized spacial score (nSPS) is 16.6. The summed E-state index contributed by atoms with van der Waals surface area (Å²) in [4.78, 5) is 34.8. The quantitative estimate of drug-likeness (QED) is 0.319. The molecular weight excluding hydrogens is 456 g/mol. The van der Waals surface area contributed by atoms with E-state index in [4.69, 9.17) is 0 Å². The van der Waals surface area contributed by atoms with Gasteiger partial charge in [-0.3, -0.25) is 24.2 Å². The lowest BCUT2D eigenvalue weighted by atomic mass is 10.2. The molecule has 3 heterocycles. The van der Waals surface area contributed by atoms with Crippen LogP contribution in [0.5, 0.6) is 0 Å². The zero-order chi connectivity index (χ0) is 24.7. The summed E-state index contributed by atoms with van der Waals surface area (Å²) < 4.78 is 32.2. The summed E-state index contributed by atoms with van der Waals surface area (Å²) in [5.41, 5.74) is 0.0507. The van der Waals surface area contributed by atoms with Crippen molar-refractivity contribution in [2.45, 2.75) is 25.3 Å². The number of aromatic amines is 1. The molecule has 11 heteroatoms. The predicted molar refractivity (Wildman–Crippen MR) is 126 cm³/mol. The number of anilines is 3. The number of rotatable bonds is 6. The monoisotopic (exact) mass is 477 g/mol. The summed E-state index contributed by atoms with van der Waals surface area (Å²) >= 11 is 0. The molecule has 3 aromatic rings. The molecule has 5 rings (SSSR count). The molecular formula is C24H21F2N7O2. The number of halogens is 2. The molecule has 1 spiro atoms. The number of benzene rings is 1. The van der Waals surface area contributed by atoms with E-state index in [1.165, 1.54) is 0 Å². The molecule has 0 saturated heterocycles. The van der Waals surface area contributed by atoms with Crippen molar-refractivity contribution in [3.05, 3.63) is 66.0 Å². The van der Waals surface area contributed by atoms with Gasteiger partial charge >= 0.3 is 0 Å². The lowest BCUT2D eigenvalue weighted by Gasteiger charge is -2.18. The van der Waals surface area contributed by atoms with E-state index in [9.17, 15) is 9.59 Å². The van der Waals surface area contributed by atoms with Crippen LogP contribution < -0.4 is 10.2 Å². The third kappa shape index (κ3) is 3.65. The SMILES string of the molecule is CN=C/C=C\C=C(/C)C(=O)Nc1cc(F)c(N2C(=O)C3(CC3)n3c(-c4ccn[nH]4)cnc32)c(F)c1. The van der Waals surface area contributed by atoms with Gasteiger partial charge in [-0.1, -0.05) is 12.2 Å². The summed E-state index contributed by atoms with van der Waals surface area (Å²) in [6.45, 7) is 1.57. The Labute approximate surface area is 198 Å². The van der Waals surface area contributed by atoms with Gasteiger partial charge in [0.1, 0.15) is 11.2 Å². The maximum absolute atomic E-state index is 15.2. The van der Waals surface area contributed by atoms with E-state index in [1.54, 1.807) is 61.4 Å². The molecule has 1 aromatic carbocycles. The van der Waals surface area contributed by atoms with Gasteiger partial charge in [-0.25, -0.2) is 18.7 Å².